The van der Waals surface area contributed by atoms with Gasteiger partial charge in [0.15, 0.2) is 0 Å². The van der Waals surface area contributed by atoms with E-state index in [-0.39, 0.29) is 5.91 Å². The number of hydrogen-bond donors (Lipinski definition) is 3. The Bertz CT molecular complexity index is 595. The van der Waals surface area contributed by atoms with Crippen LogP contribution in [-0.2, 0) is 0 Å². The largest absolute Gasteiger partial charge is 0.399 e. The van der Waals surface area contributed by atoms with Gasteiger partial charge in [0.2, 0.25) is 0 Å². The number of carbonyl (C=O) groups is 1. The summed E-state index contributed by atoms with van der Waals surface area (Å²) in [6.45, 7) is 1.85. The van der Waals surface area contributed by atoms with E-state index in [1.165, 1.54) is 0 Å². The Labute approximate surface area is 105 Å². The summed E-state index contributed by atoms with van der Waals surface area (Å²) in [4.78, 5) is 16.1. The third kappa shape index (κ3) is 2.57. The lowest BCUT2D eigenvalue weighted by Gasteiger charge is -2.08. The summed E-state index contributed by atoms with van der Waals surface area (Å²) in [5.74, 6) is -0.266. The van der Waals surface area contributed by atoms with Gasteiger partial charge in [-0.05, 0) is 37.3 Å². The predicted octanol–water partition coefficient (Wildman–Crippen LogP) is 1.81. The van der Waals surface area contributed by atoms with E-state index in [9.17, 15) is 4.79 Å². The molecule has 1 aromatic heterocycles. The van der Waals surface area contributed by atoms with Gasteiger partial charge in [-0.1, -0.05) is 0 Å². The van der Waals surface area contributed by atoms with Gasteiger partial charge in [-0.25, -0.2) is 0 Å². The molecule has 1 amide bonds. The van der Waals surface area contributed by atoms with Crippen molar-refractivity contribution in [2.24, 2.45) is 0 Å². The number of nitrogens with two attached hydrogens (primary N) is 2. The summed E-state index contributed by atoms with van der Waals surface area (Å²) in [6, 6.07) is 8.31. The predicted molar refractivity (Wildman–Crippen MR) is 72.2 cm³/mol. The summed E-state index contributed by atoms with van der Waals surface area (Å²) in [6.07, 6.45) is 1.64. The van der Waals surface area contributed by atoms with Crippen molar-refractivity contribution in [3.05, 3.63) is 47.8 Å². The number of nitrogen functional groups attached to an aromatic ring is 2. The first-order valence-corrected chi connectivity index (χ1v) is 5.45. The van der Waals surface area contributed by atoms with Crippen LogP contribution < -0.4 is 16.8 Å². The molecule has 18 heavy (non-hydrogen) atoms. The fourth-order valence-electron chi connectivity index (χ4n) is 1.61. The SMILES string of the molecule is Cc1cc(NC(=O)c2ccc(N)cc2N)ccn1. The van der Waals surface area contributed by atoms with Crippen LogP contribution in [0.25, 0.3) is 0 Å². The van der Waals surface area contributed by atoms with Crippen molar-refractivity contribution in [2.45, 2.75) is 6.92 Å². The summed E-state index contributed by atoms with van der Waals surface area (Å²) >= 11 is 0. The standard InChI is InChI=1S/C13H14N4O/c1-8-6-10(4-5-16-8)17-13(18)11-3-2-9(14)7-12(11)15/h2-7H,14-15H2,1H3,(H,16,17,18). The van der Waals surface area contributed by atoms with E-state index in [2.05, 4.69) is 10.3 Å². The van der Waals surface area contributed by atoms with Crippen LogP contribution in [0.4, 0.5) is 17.1 Å². The van der Waals surface area contributed by atoms with Crippen molar-refractivity contribution in [3.8, 4) is 0 Å². The molecule has 92 valence electrons. The Hall–Kier alpha value is -2.56. The third-order valence-electron chi connectivity index (χ3n) is 2.47. The van der Waals surface area contributed by atoms with Crippen LogP contribution in [0.1, 0.15) is 16.1 Å². The van der Waals surface area contributed by atoms with E-state index in [1.54, 1.807) is 36.5 Å². The van der Waals surface area contributed by atoms with E-state index in [0.29, 0.717) is 22.6 Å². The lowest BCUT2D eigenvalue weighted by molar-refractivity contribution is 0.102. The van der Waals surface area contributed by atoms with Gasteiger partial charge in [0.05, 0.1) is 5.56 Å². The minimum atomic E-state index is -0.266. The number of anilines is 3. The van der Waals surface area contributed by atoms with E-state index in [0.717, 1.165) is 5.69 Å². The van der Waals surface area contributed by atoms with Crippen molar-refractivity contribution < 1.29 is 4.79 Å². The molecule has 0 aliphatic rings. The molecule has 0 bridgehead atoms. The van der Waals surface area contributed by atoms with Crippen LogP contribution in [0, 0.1) is 6.92 Å². The summed E-state index contributed by atoms with van der Waals surface area (Å²) in [7, 11) is 0. The molecule has 0 unspecified atom stereocenters. The van der Waals surface area contributed by atoms with Crippen LogP contribution in [-0.4, -0.2) is 10.9 Å². The molecule has 5 N–H and O–H groups in total. The zero-order chi connectivity index (χ0) is 13.1. The molecule has 0 atom stereocenters. The fourth-order valence-corrected chi connectivity index (χ4v) is 1.61. The molecular formula is C13H14N4O. The van der Waals surface area contributed by atoms with Gasteiger partial charge in [0.1, 0.15) is 0 Å². The van der Waals surface area contributed by atoms with E-state index in [1.807, 2.05) is 6.92 Å². The van der Waals surface area contributed by atoms with E-state index in [4.69, 9.17) is 11.5 Å². The number of hydrogen-bond acceptors (Lipinski definition) is 4. The highest BCUT2D eigenvalue weighted by molar-refractivity contribution is 6.08. The second-order valence-electron chi connectivity index (χ2n) is 3.99. The first-order chi connectivity index (χ1) is 8.56. The highest BCUT2D eigenvalue weighted by Gasteiger charge is 2.10. The first-order valence-electron chi connectivity index (χ1n) is 5.45. The normalized spacial score (nSPS) is 10.1. The molecule has 1 heterocycles. The molecule has 5 nitrogen and oxygen atoms in total. The maximum absolute atomic E-state index is 12.0. The van der Waals surface area contributed by atoms with Gasteiger partial charge in [-0.3, -0.25) is 9.78 Å². The zero-order valence-corrected chi connectivity index (χ0v) is 9.97. The monoisotopic (exact) mass is 242 g/mol. The molecule has 0 saturated heterocycles. The summed E-state index contributed by atoms with van der Waals surface area (Å²) < 4.78 is 0. The van der Waals surface area contributed by atoms with Crippen LogP contribution >= 0.6 is 0 Å². The first kappa shape index (κ1) is 11.9. The van der Waals surface area contributed by atoms with Gasteiger partial charge in [0, 0.05) is 29.0 Å². The quantitative estimate of drug-likeness (QED) is 0.700. The molecule has 0 aliphatic carbocycles. The number of nitrogens with one attached hydrogen (secondary N) is 1. The van der Waals surface area contributed by atoms with Crippen molar-refractivity contribution in [2.75, 3.05) is 16.8 Å². The van der Waals surface area contributed by atoms with Crippen LogP contribution in [0.5, 0.6) is 0 Å². The number of aromatic nitrogens is 1. The molecule has 0 spiro atoms. The molecule has 2 aromatic rings. The molecule has 2 rings (SSSR count). The van der Waals surface area contributed by atoms with Gasteiger partial charge in [0.25, 0.3) is 5.91 Å². The number of nitrogens with zero attached hydrogens (tertiary/aromatic N) is 1. The van der Waals surface area contributed by atoms with Crippen molar-refractivity contribution >= 4 is 23.0 Å². The van der Waals surface area contributed by atoms with Gasteiger partial charge >= 0.3 is 0 Å². The summed E-state index contributed by atoms with van der Waals surface area (Å²) in [5, 5.41) is 2.76. The summed E-state index contributed by atoms with van der Waals surface area (Å²) in [5.41, 5.74) is 14.1. The maximum atomic E-state index is 12.0. The smallest absolute Gasteiger partial charge is 0.257 e. The molecular weight excluding hydrogens is 228 g/mol. The number of aryl methyl sites for hydroxylation is 1. The minimum absolute atomic E-state index is 0.266. The average Bonchev–Trinajstić information content (AvgIpc) is 2.28. The lowest BCUT2D eigenvalue weighted by atomic mass is 10.1. The zero-order valence-electron chi connectivity index (χ0n) is 9.97. The molecule has 1 aromatic carbocycles. The second kappa shape index (κ2) is 4.75. The Morgan fingerprint density at radius 1 is 1.22 bits per heavy atom. The second-order valence-corrected chi connectivity index (χ2v) is 3.99. The van der Waals surface area contributed by atoms with Crippen molar-refractivity contribution in [1.82, 2.24) is 4.98 Å². The number of benzene rings is 1. The number of rotatable bonds is 2. The van der Waals surface area contributed by atoms with Crippen LogP contribution in [0.15, 0.2) is 36.5 Å². The highest BCUT2D eigenvalue weighted by atomic mass is 16.1. The van der Waals surface area contributed by atoms with Crippen molar-refractivity contribution in [1.29, 1.82) is 0 Å². The third-order valence-corrected chi connectivity index (χ3v) is 2.47. The average molecular weight is 242 g/mol. The molecule has 0 radical (unpaired) electrons. The van der Waals surface area contributed by atoms with E-state index >= 15 is 0 Å². The number of pyridine rings is 1. The Morgan fingerprint density at radius 2 is 2.00 bits per heavy atom. The topological polar surface area (TPSA) is 94.0 Å². The highest BCUT2D eigenvalue weighted by Crippen LogP contribution is 2.17. The maximum Gasteiger partial charge on any atom is 0.257 e. The number of carbonyl (C=O) groups excluding carboxylic acids is 1. The lowest BCUT2D eigenvalue weighted by Crippen LogP contribution is -2.14. The molecule has 0 fully saturated rings. The number of amides is 1. The van der Waals surface area contributed by atoms with Gasteiger partial charge in [-0.2, -0.15) is 0 Å². The minimum Gasteiger partial charge on any atom is -0.399 e. The molecule has 5 heteroatoms. The molecule has 0 saturated carbocycles. The van der Waals surface area contributed by atoms with Crippen LogP contribution in [0.2, 0.25) is 0 Å². The van der Waals surface area contributed by atoms with E-state index < -0.39 is 0 Å². The Morgan fingerprint density at radius 3 is 2.67 bits per heavy atom. The van der Waals surface area contributed by atoms with Crippen molar-refractivity contribution in [3.63, 3.8) is 0 Å². The van der Waals surface area contributed by atoms with Gasteiger partial charge < -0.3 is 16.8 Å². The Kier molecular flexibility index (Phi) is 3.14. The van der Waals surface area contributed by atoms with Gasteiger partial charge in [-0.15, -0.1) is 0 Å². The molecule has 0 aliphatic heterocycles. The Balaban J connectivity index is 2.22. The van der Waals surface area contributed by atoms with Crippen LogP contribution in [0.3, 0.4) is 0 Å². The fraction of sp³-hybridized carbons (Fsp3) is 0.0769.